The molecule has 0 saturated heterocycles. The van der Waals surface area contributed by atoms with Crippen molar-refractivity contribution in [2.24, 2.45) is 0 Å². The Balaban J connectivity index is 1.78. The summed E-state index contributed by atoms with van der Waals surface area (Å²) >= 11 is 3.41. The smallest absolute Gasteiger partial charge is 0.287 e. The number of fused-ring (bicyclic) bond motifs is 1. The van der Waals surface area contributed by atoms with E-state index in [-0.39, 0.29) is 11.9 Å². The lowest BCUT2D eigenvalue weighted by atomic mass is 10.1. The highest BCUT2D eigenvalue weighted by molar-refractivity contribution is 9.10. The summed E-state index contributed by atoms with van der Waals surface area (Å²) in [6.45, 7) is 2.32. The average Bonchev–Trinajstić information content (AvgIpc) is 3.15. The SMILES string of the molecule is Cc1c(C(=O)NC[C@H](c2ccco2)N(C)C)oc2cc(Br)ccc12. The molecule has 0 aliphatic heterocycles. The largest absolute Gasteiger partial charge is 0.468 e. The van der Waals surface area contributed by atoms with Crippen molar-refractivity contribution in [3.63, 3.8) is 0 Å². The summed E-state index contributed by atoms with van der Waals surface area (Å²) in [7, 11) is 3.90. The normalized spacial score (nSPS) is 12.7. The van der Waals surface area contributed by atoms with E-state index in [9.17, 15) is 4.79 Å². The molecule has 24 heavy (non-hydrogen) atoms. The van der Waals surface area contributed by atoms with Crippen LogP contribution in [0.5, 0.6) is 0 Å². The number of carbonyl (C=O) groups is 1. The van der Waals surface area contributed by atoms with Gasteiger partial charge in [-0.3, -0.25) is 9.69 Å². The Kier molecular flexibility index (Phi) is 4.78. The molecule has 0 aliphatic rings. The maximum atomic E-state index is 12.6. The quantitative estimate of drug-likeness (QED) is 0.711. The van der Waals surface area contributed by atoms with Crippen LogP contribution in [-0.2, 0) is 0 Å². The first-order valence-corrected chi connectivity index (χ1v) is 8.43. The van der Waals surface area contributed by atoms with Gasteiger partial charge in [0, 0.05) is 22.0 Å². The minimum Gasteiger partial charge on any atom is -0.468 e. The molecule has 1 N–H and O–H groups in total. The van der Waals surface area contributed by atoms with Gasteiger partial charge in [-0.2, -0.15) is 0 Å². The number of rotatable bonds is 5. The summed E-state index contributed by atoms with van der Waals surface area (Å²) in [5.74, 6) is 0.934. The van der Waals surface area contributed by atoms with Crippen molar-refractivity contribution in [3.05, 3.63) is 58.2 Å². The number of halogens is 1. The van der Waals surface area contributed by atoms with E-state index in [1.54, 1.807) is 6.26 Å². The molecule has 2 aromatic heterocycles. The summed E-state index contributed by atoms with van der Waals surface area (Å²) in [5.41, 5.74) is 1.54. The lowest BCUT2D eigenvalue weighted by Crippen LogP contribution is -2.34. The van der Waals surface area contributed by atoms with Gasteiger partial charge in [0.15, 0.2) is 5.76 Å². The average molecular weight is 391 g/mol. The zero-order chi connectivity index (χ0) is 17.3. The summed E-state index contributed by atoms with van der Waals surface area (Å²) < 4.78 is 12.1. The van der Waals surface area contributed by atoms with Crippen LogP contribution in [0.1, 0.15) is 27.9 Å². The van der Waals surface area contributed by atoms with Crippen LogP contribution in [0.3, 0.4) is 0 Å². The number of likely N-dealkylation sites (N-methyl/N-ethyl adjacent to an activating group) is 1. The molecule has 0 spiro atoms. The Morgan fingerprint density at radius 2 is 2.12 bits per heavy atom. The van der Waals surface area contributed by atoms with Gasteiger partial charge in [-0.15, -0.1) is 0 Å². The number of carbonyl (C=O) groups excluding carboxylic acids is 1. The molecule has 2 heterocycles. The van der Waals surface area contributed by atoms with Gasteiger partial charge < -0.3 is 14.2 Å². The summed E-state index contributed by atoms with van der Waals surface area (Å²) in [5, 5.41) is 3.88. The van der Waals surface area contributed by atoms with Crippen molar-refractivity contribution >= 4 is 32.8 Å². The van der Waals surface area contributed by atoms with Gasteiger partial charge in [-0.25, -0.2) is 0 Å². The summed E-state index contributed by atoms with van der Waals surface area (Å²) in [6, 6.07) is 9.45. The fraction of sp³-hybridized carbons (Fsp3) is 0.278. The van der Waals surface area contributed by atoms with Crippen LogP contribution < -0.4 is 5.32 Å². The topological polar surface area (TPSA) is 58.6 Å². The minimum absolute atomic E-state index is 0.0391. The molecule has 6 heteroatoms. The van der Waals surface area contributed by atoms with E-state index in [0.29, 0.717) is 17.9 Å². The van der Waals surface area contributed by atoms with Gasteiger partial charge in [0.1, 0.15) is 11.3 Å². The van der Waals surface area contributed by atoms with Crippen LogP contribution in [0.2, 0.25) is 0 Å². The number of hydrogen-bond donors (Lipinski definition) is 1. The molecule has 0 aliphatic carbocycles. The molecule has 1 aromatic carbocycles. The third-order valence-corrected chi connectivity index (χ3v) is 4.55. The first kappa shape index (κ1) is 16.8. The molecule has 0 saturated carbocycles. The second-order valence-corrected chi connectivity index (χ2v) is 6.82. The van der Waals surface area contributed by atoms with Crippen molar-refractivity contribution < 1.29 is 13.6 Å². The Bertz CT molecular complexity index is 853. The maximum Gasteiger partial charge on any atom is 0.287 e. The van der Waals surface area contributed by atoms with Crippen LogP contribution in [0, 0.1) is 6.92 Å². The zero-order valence-corrected chi connectivity index (χ0v) is 15.4. The summed E-state index contributed by atoms with van der Waals surface area (Å²) in [4.78, 5) is 14.6. The number of aryl methyl sites for hydroxylation is 1. The molecule has 0 bridgehead atoms. The van der Waals surface area contributed by atoms with E-state index >= 15 is 0 Å². The fourth-order valence-electron chi connectivity index (χ4n) is 2.70. The second kappa shape index (κ2) is 6.83. The van der Waals surface area contributed by atoms with Gasteiger partial charge in [0.05, 0.1) is 12.3 Å². The number of hydrogen-bond acceptors (Lipinski definition) is 4. The van der Waals surface area contributed by atoms with E-state index in [0.717, 1.165) is 21.2 Å². The molecular weight excluding hydrogens is 372 g/mol. The molecule has 126 valence electrons. The third-order valence-electron chi connectivity index (χ3n) is 4.06. The standard InChI is InChI=1S/C18H19BrN2O3/c1-11-13-7-6-12(19)9-16(13)24-17(11)18(22)20-10-14(21(2)3)15-5-4-8-23-15/h4-9,14H,10H2,1-3H3,(H,20,22)/t14-/m1/s1. The van der Waals surface area contributed by atoms with Crippen LogP contribution >= 0.6 is 15.9 Å². The highest BCUT2D eigenvalue weighted by Crippen LogP contribution is 2.28. The first-order chi connectivity index (χ1) is 11.5. The predicted molar refractivity (Wildman–Crippen MR) is 96.1 cm³/mol. The van der Waals surface area contributed by atoms with Crippen molar-refractivity contribution in [3.8, 4) is 0 Å². The molecule has 3 aromatic rings. The fourth-order valence-corrected chi connectivity index (χ4v) is 3.04. The summed E-state index contributed by atoms with van der Waals surface area (Å²) in [6.07, 6.45) is 1.63. The Labute approximate surface area is 148 Å². The lowest BCUT2D eigenvalue weighted by Gasteiger charge is -2.22. The third kappa shape index (κ3) is 3.25. The number of nitrogens with zero attached hydrogens (tertiary/aromatic N) is 1. The monoisotopic (exact) mass is 390 g/mol. The minimum atomic E-state index is -0.224. The Hall–Kier alpha value is -2.05. The van der Waals surface area contributed by atoms with Gasteiger partial charge in [0.2, 0.25) is 0 Å². The highest BCUT2D eigenvalue weighted by Gasteiger charge is 2.21. The van der Waals surface area contributed by atoms with Crippen molar-refractivity contribution in [1.82, 2.24) is 10.2 Å². The van der Waals surface area contributed by atoms with Crippen LogP contribution in [0.25, 0.3) is 11.0 Å². The molecule has 0 fully saturated rings. The molecular formula is C18H19BrN2O3. The number of amides is 1. The van der Waals surface area contributed by atoms with E-state index in [1.807, 2.05) is 56.3 Å². The van der Waals surface area contributed by atoms with Crippen LogP contribution in [0.4, 0.5) is 0 Å². The predicted octanol–water partition coefficient (Wildman–Crippen LogP) is 4.13. The maximum absolute atomic E-state index is 12.6. The Morgan fingerprint density at radius 1 is 1.33 bits per heavy atom. The Morgan fingerprint density at radius 3 is 2.79 bits per heavy atom. The molecule has 1 amide bonds. The molecule has 0 unspecified atom stereocenters. The highest BCUT2D eigenvalue weighted by atomic mass is 79.9. The van der Waals surface area contributed by atoms with Gasteiger partial charge in [-0.05, 0) is 51.4 Å². The van der Waals surface area contributed by atoms with Crippen molar-refractivity contribution in [1.29, 1.82) is 0 Å². The molecule has 3 rings (SSSR count). The van der Waals surface area contributed by atoms with Crippen molar-refractivity contribution in [2.45, 2.75) is 13.0 Å². The van der Waals surface area contributed by atoms with Crippen LogP contribution in [-0.4, -0.2) is 31.4 Å². The van der Waals surface area contributed by atoms with Gasteiger partial charge in [0.25, 0.3) is 5.91 Å². The number of benzene rings is 1. The second-order valence-electron chi connectivity index (χ2n) is 5.90. The lowest BCUT2D eigenvalue weighted by molar-refractivity contribution is 0.0912. The van der Waals surface area contributed by atoms with Gasteiger partial charge in [-0.1, -0.05) is 15.9 Å². The number of nitrogens with one attached hydrogen (secondary N) is 1. The van der Waals surface area contributed by atoms with E-state index in [2.05, 4.69) is 21.2 Å². The zero-order valence-electron chi connectivity index (χ0n) is 13.8. The van der Waals surface area contributed by atoms with E-state index in [1.165, 1.54) is 0 Å². The van der Waals surface area contributed by atoms with Crippen LogP contribution in [0.15, 0.2) is 49.9 Å². The first-order valence-electron chi connectivity index (χ1n) is 7.64. The molecule has 0 radical (unpaired) electrons. The molecule has 5 nitrogen and oxygen atoms in total. The molecule has 1 atom stereocenters. The van der Waals surface area contributed by atoms with E-state index in [4.69, 9.17) is 8.83 Å². The van der Waals surface area contributed by atoms with Gasteiger partial charge >= 0.3 is 0 Å². The van der Waals surface area contributed by atoms with E-state index < -0.39 is 0 Å². The number of furan rings is 2. The van der Waals surface area contributed by atoms with Crippen molar-refractivity contribution in [2.75, 3.05) is 20.6 Å².